The third kappa shape index (κ3) is 1.93. The number of rotatable bonds is 1. The summed E-state index contributed by atoms with van der Waals surface area (Å²) in [7, 11) is 0. The van der Waals surface area contributed by atoms with Crippen molar-refractivity contribution in [1.29, 1.82) is 0 Å². The zero-order chi connectivity index (χ0) is 14.9. The second-order valence-electron chi connectivity index (χ2n) is 9.47. The van der Waals surface area contributed by atoms with Gasteiger partial charge in [0.1, 0.15) is 0 Å². The van der Waals surface area contributed by atoms with Crippen LogP contribution in [-0.4, -0.2) is 5.78 Å². The molecule has 5 aliphatic rings. The lowest BCUT2D eigenvalue weighted by molar-refractivity contribution is -0.121. The average Bonchev–Trinajstić information content (AvgIpc) is 3.26. The number of allylic oxidation sites excluding steroid dienone is 1. The molecule has 6 atom stereocenters. The summed E-state index contributed by atoms with van der Waals surface area (Å²) in [6.45, 7) is 2.59. The Labute approximate surface area is 134 Å². The summed E-state index contributed by atoms with van der Waals surface area (Å²) in [5.41, 5.74) is 2.23. The van der Waals surface area contributed by atoms with E-state index in [0.717, 1.165) is 29.6 Å². The molecule has 1 unspecified atom stereocenters. The Morgan fingerprint density at radius 1 is 1.00 bits per heavy atom. The molecule has 0 heterocycles. The van der Waals surface area contributed by atoms with Gasteiger partial charge >= 0.3 is 0 Å². The van der Waals surface area contributed by atoms with Crippen LogP contribution >= 0.6 is 0 Å². The average molecular weight is 298 g/mol. The van der Waals surface area contributed by atoms with Crippen LogP contribution < -0.4 is 0 Å². The first-order valence-electron chi connectivity index (χ1n) is 9.90. The number of carbonyl (C=O) groups excluding carboxylic acids is 1. The van der Waals surface area contributed by atoms with E-state index >= 15 is 0 Å². The molecule has 0 amide bonds. The second-order valence-corrected chi connectivity index (χ2v) is 9.47. The van der Waals surface area contributed by atoms with E-state index in [1.807, 2.05) is 0 Å². The van der Waals surface area contributed by atoms with Crippen molar-refractivity contribution >= 4 is 5.78 Å². The smallest absolute Gasteiger partial charge is 0.159 e. The molecule has 120 valence electrons. The summed E-state index contributed by atoms with van der Waals surface area (Å²) in [5.74, 6) is 5.35. The number of fused-ring (bicyclic) bond motifs is 5. The fraction of sp³-hybridized carbons (Fsp3) is 0.857. The molecule has 0 N–H and O–H groups in total. The molecule has 5 rings (SSSR count). The van der Waals surface area contributed by atoms with Crippen LogP contribution in [0.3, 0.4) is 0 Å². The van der Waals surface area contributed by atoms with Crippen molar-refractivity contribution in [2.75, 3.05) is 0 Å². The third-order valence-electron chi connectivity index (χ3n) is 8.43. The first-order chi connectivity index (χ1) is 10.7. The van der Waals surface area contributed by atoms with Crippen molar-refractivity contribution in [3.63, 3.8) is 0 Å². The fourth-order valence-electron chi connectivity index (χ4n) is 7.13. The van der Waals surface area contributed by atoms with E-state index in [9.17, 15) is 4.79 Å². The molecule has 0 spiro atoms. The second kappa shape index (κ2) is 4.71. The predicted molar refractivity (Wildman–Crippen MR) is 88.3 cm³/mol. The standard InChI is InChI=1S/C21H30O/c1-21-9-2-3-19(21)16-7-6-14-11-20(22)18(13-4-5-13)12-17(14)15(16)8-10-21/h11,13,15-19H,2-10,12H2,1H3/t15-,16+,17-,18?,19-,21-/m0/s1. The highest BCUT2D eigenvalue weighted by Gasteiger charge is 2.53. The zero-order valence-corrected chi connectivity index (χ0v) is 14.0. The van der Waals surface area contributed by atoms with Crippen LogP contribution in [0.4, 0.5) is 0 Å². The van der Waals surface area contributed by atoms with Crippen molar-refractivity contribution in [2.45, 2.75) is 71.1 Å². The predicted octanol–water partition coefficient (Wildman–Crippen LogP) is 5.15. The maximum atomic E-state index is 12.4. The molecular formula is C21H30O. The number of carbonyl (C=O) groups is 1. The Balaban J connectivity index is 1.44. The molecule has 0 aromatic carbocycles. The molecule has 1 nitrogen and oxygen atoms in total. The van der Waals surface area contributed by atoms with Crippen molar-refractivity contribution in [3.8, 4) is 0 Å². The quantitative estimate of drug-likeness (QED) is 0.654. The highest BCUT2D eigenvalue weighted by atomic mass is 16.1. The normalized spacial score (nSPS) is 50.9. The van der Waals surface area contributed by atoms with Gasteiger partial charge in [-0.15, -0.1) is 0 Å². The summed E-state index contributed by atoms with van der Waals surface area (Å²) < 4.78 is 0. The SMILES string of the molecule is C[C@@]12CCC[C@H]1[C@@H]1CCC3=CC(=O)C(C4CC4)C[C@@H]3[C@H]1CC2. The molecule has 0 aliphatic heterocycles. The Hall–Kier alpha value is -0.590. The van der Waals surface area contributed by atoms with Gasteiger partial charge in [-0.1, -0.05) is 18.9 Å². The van der Waals surface area contributed by atoms with Crippen LogP contribution in [0.15, 0.2) is 11.6 Å². The first-order valence-corrected chi connectivity index (χ1v) is 9.90. The minimum Gasteiger partial charge on any atom is -0.295 e. The summed E-state index contributed by atoms with van der Waals surface area (Å²) in [6.07, 6.45) is 16.0. The maximum absolute atomic E-state index is 12.4. The highest BCUT2D eigenvalue weighted by Crippen LogP contribution is 2.62. The number of hydrogen-bond donors (Lipinski definition) is 0. The van der Waals surface area contributed by atoms with E-state index < -0.39 is 0 Å². The Morgan fingerprint density at radius 3 is 2.68 bits per heavy atom. The molecule has 5 aliphatic carbocycles. The lowest BCUT2D eigenvalue weighted by atomic mass is 9.52. The summed E-state index contributed by atoms with van der Waals surface area (Å²) in [6, 6.07) is 0. The van der Waals surface area contributed by atoms with Crippen LogP contribution in [0.25, 0.3) is 0 Å². The lowest BCUT2D eigenvalue weighted by Gasteiger charge is -2.53. The topological polar surface area (TPSA) is 17.1 Å². The molecule has 0 radical (unpaired) electrons. The van der Waals surface area contributed by atoms with Gasteiger partial charge in [-0.05, 0) is 98.9 Å². The van der Waals surface area contributed by atoms with Crippen LogP contribution in [0.1, 0.15) is 71.1 Å². The highest BCUT2D eigenvalue weighted by molar-refractivity contribution is 5.94. The first kappa shape index (κ1) is 13.8. The van der Waals surface area contributed by atoms with Crippen molar-refractivity contribution in [1.82, 2.24) is 0 Å². The molecule has 0 aromatic heterocycles. The lowest BCUT2D eigenvalue weighted by Crippen LogP contribution is -2.45. The molecule has 0 bridgehead atoms. The Bertz CT molecular complexity index is 528. The Morgan fingerprint density at radius 2 is 1.86 bits per heavy atom. The molecule has 0 aromatic rings. The van der Waals surface area contributed by atoms with Gasteiger partial charge in [0.05, 0.1) is 0 Å². The van der Waals surface area contributed by atoms with E-state index in [2.05, 4.69) is 13.0 Å². The van der Waals surface area contributed by atoms with E-state index in [1.165, 1.54) is 64.2 Å². The molecule has 1 heteroatoms. The third-order valence-corrected chi connectivity index (χ3v) is 8.43. The largest absolute Gasteiger partial charge is 0.295 e. The van der Waals surface area contributed by atoms with Crippen molar-refractivity contribution in [2.24, 2.45) is 40.9 Å². The van der Waals surface area contributed by atoms with Crippen LogP contribution in [0.2, 0.25) is 0 Å². The monoisotopic (exact) mass is 298 g/mol. The number of ketones is 1. The molecule has 4 fully saturated rings. The van der Waals surface area contributed by atoms with Gasteiger partial charge in [-0.3, -0.25) is 4.79 Å². The maximum Gasteiger partial charge on any atom is 0.159 e. The van der Waals surface area contributed by atoms with Crippen LogP contribution in [-0.2, 0) is 4.79 Å². The summed E-state index contributed by atoms with van der Waals surface area (Å²) in [5, 5.41) is 0. The van der Waals surface area contributed by atoms with Crippen molar-refractivity contribution in [3.05, 3.63) is 11.6 Å². The molecule has 22 heavy (non-hydrogen) atoms. The molecular weight excluding hydrogens is 268 g/mol. The van der Waals surface area contributed by atoms with Gasteiger partial charge in [0.2, 0.25) is 0 Å². The van der Waals surface area contributed by atoms with Gasteiger partial charge in [-0.25, -0.2) is 0 Å². The zero-order valence-electron chi connectivity index (χ0n) is 14.0. The van der Waals surface area contributed by atoms with Gasteiger partial charge in [0.25, 0.3) is 0 Å². The van der Waals surface area contributed by atoms with Crippen LogP contribution in [0, 0.1) is 40.9 Å². The van der Waals surface area contributed by atoms with Gasteiger partial charge in [-0.2, -0.15) is 0 Å². The molecule has 0 saturated heterocycles. The van der Waals surface area contributed by atoms with E-state index in [1.54, 1.807) is 5.57 Å². The van der Waals surface area contributed by atoms with E-state index in [4.69, 9.17) is 0 Å². The fourth-order valence-corrected chi connectivity index (χ4v) is 7.13. The van der Waals surface area contributed by atoms with Crippen molar-refractivity contribution < 1.29 is 4.79 Å². The minimum atomic E-state index is 0.407. The Kier molecular flexibility index (Phi) is 2.96. The van der Waals surface area contributed by atoms with E-state index in [-0.39, 0.29) is 0 Å². The van der Waals surface area contributed by atoms with Gasteiger partial charge in [0.15, 0.2) is 5.78 Å². The minimum absolute atomic E-state index is 0.407. The molecule has 4 saturated carbocycles. The summed E-state index contributed by atoms with van der Waals surface area (Å²) in [4.78, 5) is 12.4. The van der Waals surface area contributed by atoms with Crippen LogP contribution in [0.5, 0.6) is 0 Å². The van der Waals surface area contributed by atoms with E-state index in [0.29, 0.717) is 17.1 Å². The summed E-state index contributed by atoms with van der Waals surface area (Å²) >= 11 is 0. The van der Waals surface area contributed by atoms with Gasteiger partial charge < -0.3 is 0 Å². The van der Waals surface area contributed by atoms with Gasteiger partial charge in [0, 0.05) is 5.92 Å². The number of hydrogen-bond acceptors (Lipinski definition) is 1.